The third-order valence-corrected chi connectivity index (χ3v) is 6.20. The number of hydrogen-bond donors (Lipinski definition) is 1. The van der Waals surface area contributed by atoms with Gasteiger partial charge in [0.1, 0.15) is 0 Å². The zero-order valence-corrected chi connectivity index (χ0v) is 17.6. The lowest BCUT2D eigenvalue weighted by molar-refractivity contribution is -0.0224. The van der Waals surface area contributed by atoms with Gasteiger partial charge in [-0.05, 0) is 49.3 Å². The molecule has 1 aliphatic carbocycles. The monoisotopic (exact) mass is 402 g/mol. The smallest absolute Gasteiger partial charge is 0.255 e. The number of oxazole rings is 1. The minimum absolute atomic E-state index is 0.0227. The van der Waals surface area contributed by atoms with Crippen LogP contribution >= 0.6 is 0 Å². The van der Waals surface area contributed by atoms with Crippen LogP contribution < -0.4 is 0 Å². The minimum atomic E-state index is -0.921. The SMILES string of the molecule is Cc1ncc(-c2ccc(-c3cccc4c3C(=O)N(C(C3CC3)C(C)(C)O)C4)cc2)o1. The van der Waals surface area contributed by atoms with Crippen LogP contribution in [-0.2, 0) is 6.54 Å². The number of aromatic nitrogens is 1. The van der Waals surface area contributed by atoms with Crippen molar-refractivity contribution < 1.29 is 14.3 Å². The van der Waals surface area contributed by atoms with Crippen molar-refractivity contribution >= 4 is 5.91 Å². The molecular weight excluding hydrogens is 376 g/mol. The van der Waals surface area contributed by atoms with Crippen molar-refractivity contribution in [3.63, 3.8) is 0 Å². The van der Waals surface area contributed by atoms with Gasteiger partial charge in [0.15, 0.2) is 11.7 Å². The second-order valence-corrected chi connectivity index (χ2v) is 9.03. The third-order valence-electron chi connectivity index (χ3n) is 6.20. The fourth-order valence-corrected chi connectivity index (χ4v) is 4.78. The maximum absolute atomic E-state index is 13.5. The van der Waals surface area contributed by atoms with Crippen LogP contribution in [0.3, 0.4) is 0 Å². The van der Waals surface area contributed by atoms with Crippen LogP contribution in [0.2, 0.25) is 0 Å². The highest BCUT2D eigenvalue weighted by atomic mass is 16.4. The van der Waals surface area contributed by atoms with Gasteiger partial charge in [-0.25, -0.2) is 4.98 Å². The summed E-state index contributed by atoms with van der Waals surface area (Å²) in [7, 11) is 0. The first-order valence-electron chi connectivity index (χ1n) is 10.5. The maximum atomic E-state index is 13.5. The van der Waals surface area contributed by atoms with Crippen molar-refractivity contribution in [2.75, 3.05) is 0 Å². The normalized spacial score (nSPS) is 17.3. The summed E-state index contributed by atoms with van der Waals surface area (Å²) in [6.07, 6.45) is 3.87. The lowest BCUT2D eigenvalue weighted by Crippen LogP contribution is -2.51. The van der Waals surface area contributed by atoms with Crippen LogP contribution in [0.1, 0.15) is 48.5 Å². The Labute approximate surface area is 176 Å². The molecule has 1 N–H and O–H groups in total. The van der Waals surface area contributed by atoms with Gasteiger partial charge in [-0.3, -0.25) is 4.79 Å². The predicted molar refractivity (Wildman–Crippen MR) is 115 cm³/mol. The summed E-state index contributed by atoms with van der Waals surface area (Å²) < 4.78 is 5.61. The molecule has 0 saturated heterocycles. The van der Waals surface area contributed by atoms with E-state index in [4.69, 9.17) is 4.42 Å². The van der Waals surface area contributed by atoms with Gasteiger partial charge in [0.25, 0.3) is 5.91 Å². The van der Waals surface area contributed by atoms with Crippen molar-refractivity contribution in [1.29, 1.82) is 0 Å². The molecule has 1 unspecified atom stereocenters. The average molecular weight is 402 g/mol. The van der Waals surface area contributed by atoms with Crippen LogP contribution in [0, 0.1) is 12.8 Å². The summed E-state index contributed by atoms with van der Waals surface area (Å²) in [5.74, 6) is 1.78. The van der Waals surface area contributed by atoms with Crippen LogP contribution in [0.25, 0.3) is 22.5 Å². The predicted octanol–water partition coefficient (Wildman–Crippen LogP) is 4.82. The number of amides is 1. The van der Waals surface area contributed by atoms with Crippen LogP contribution in [0.15, 0.2) is 53.1 Å². The maximum Gasteiger partial charge on any atom is 0.255 e. The van der Waals surface area contributed by atoms with E-state index in [9.17, 15) is 9.90 Å². The number of carbonyl (C=O) groups is 1. The molecule has 2 aliphatic rings. The van der Waals surface area contributed by atoms with Gasteiger partial charge in [0.2, 0.25) is 0 Å². The molecule has 5 nitrogen and oxygen atoms in total. The molecule has 2 heterocycles. The lowest BCUT2D eigenvalue weighted by Gasteiger charge is -2.37. The fraction of sp³-hybridized carbons (Fsp3) is 0.360. The Balaban J connectivity index is 1.49. The second-order valence-electron chi connectivity index (χ2n) is 9.03. The van der Waals surface area contributed by atoms with E-state index in [0.29, 0.717) is 18.4 Å². The van der Waals surface area contributed by atoms with Gasteiger partial charge in [-0.1, -0.05) is 42.5 Å². The number of benzene rings is 2. The molecule has 30 heavy (non-hydrogen) atoms. The molecule has 1 aliphatic heterocycles. The lowest BCUT2D eigenvalue weighted by atomic mass is 9.92. The first-order valence-corrected chi connectivity index (χ1v) is 10.5. The third kappa shape index (κ3) is 3.23. The Bertz CT molecular complexity index is 1100. The van der Waals surface area contributed by atoms with Crippen LogP contribution in [0.4, 0.5) is 0 Å². The summed E-state index contributed by atoms with van der Waals surface area (Å²) in [4.78, 5) is 19.5. The highest BCUT2D eigenvalue weighted by Gasteiger charge is 2.48. The Morgan fingerprint density at radius 3 is 2.43 bits per heavy atom. The topological polar surface area (TPSA) is 66.6 Å². The van der Waals surface area contributed by atoms with Gasteiger partial charge in [-0.2, -0.15) is 0 Å². The number of nitrogens with zero attached hydrogens (tertiary/aromatic N) is 2. The molecule has 0 radical (unpaired) electrons. The molecule has 0 bridgehead atoms. The van der Waals surface area contributed by atoms with E-state index in [1.807, 2.05) is 68.1 Å². The Morgan fingerprint density at radius 2 is 1.83 bits per heavy atom. The van der Waals surface area contributed by atoms with E-state index in [2.05, 4.69) is 4.98 Å². The van der Waals surface area contributed by atoms with Crippen molar-refractivity contribution in [2.45, 2.75) is 51.8 Å². The van der Waals surface area contributed by atoms with Crippen molar-refractivity contribution in [3.05, 3.63) is 65.7 Å². The van der Waals surface area contributed by atoms with Gasteiger partial charge < -0.3 is 14.4 Å². The zero-order chi connectivity index (χ0) is 21.0. The molecule has 2 aromatic carbocycles. The summed E-state index contributed by atoms with van der Waals surface area (Å²) >= 11 is 0. The zero-order valence-electron chi connectivity index (χ0n) is 17.6. The van der Waals surface area contributed by atoms with E-state index in [1.165, 1.54) is 0 Å². The summed E-state index contributed by atoms with van der Waals surface area (Å²) in [6, 6.07) is 13.9. The standard InChI is InChI=1S/C25H26N2O3/c1-15-26-13-21(30-15)17-9-7-16(8-10-17)20-6-4-5-19-14-27(24(28)22(19)20)23(18-11-12-18)25(2,3)29/h4-10,13,18,23,29H,11-12,14H2,1-3H3. The number of carbonyl (C=O) groups excluding carboxylic acids is 1. The van der Waals surface area contributed by atoms with Gasteiger partial charge in [0.05, 0.1) is 23.4 Å². The molecule has 1 saturated carbocycles. The number of fused-ring (bicyclic) bond motifs is 1. The number of rotatable bonds is 5. The molecule has 154 valence electrons. The molecule has 1 fully saturated rings. The van der Waals surface area contributed by atoms with E-state index in [0.717, 1.165) is 46.4 Å². The van der Waals surface area contributed by atoms with Crippen LogP contribution in [-0.4, -0.2) is 32.5 Å². The van der Waals surface area contributed by atoms with Gasteiger partial charge >= 0.3 is 0 Å². The summed E-state index contributed by atoms with van der Waals surface area (Å²) in [6.45, 7) is 6.02. The van der Waals surface area contributed by atoms with E-state index in [1.54, 1.807) is 6.20 Å². The van der Waals surface area contributed by atoms with E-state index in [-0.39, 0.29) is 11.9 Å². The second kappa shape index (κ2) is 6.81. The first kappa shape index (κ1) is 19.1. The quantitative estimate of drug-likeness (QED) is 0.664. The molecular formula is C25H26N2O3. The number of aryl methyl sites for hydroxylation is 1. The van der Waals surface area contributed by atoms with E-state index >= 15 is 0 Å². The minimum Gasteiger partial charge on any atom is -0.441 e. The molecule has 3 aromatic rings. The Morgan fingerprint density at radius 1 is 1.13 bits per heavy atom. The van der Waals surface area contributed by atoms with Gasteiger partial charge in [0, 0.05) is 19.0 Å². The van der Waals surface area contributed by atoms with Crippen molar-refractivity contribution in [3.8, 4) is 22.5 Å². The highest BCUT2D eigenvalue weighted by Crippen LogP contribution is 2.44. The summed E-state index contributed by atoms with van der Waals surface area (Å²) in [5.41, 5.74) is 3.75. The first-order chi connectivity index (χ1) is 14.3. The molecule has 1 atom stereocenters. The Hall–Kier alpha value is -2.92. The molecule has 0 spiro atoms. The largest absolute Gasteiger partial charge is 0.441 e. The molecule has 5 rings (SSSR count). The number of aliphatic hydroxyl groups is 1. The van der Waals surface area contributed by atoms with Crippen LogP contribution in [0.5, 0.6) is 0 Å². The fourth-order valence-electron chi connectivity index (χ4n) is 4.78. The molecule has 1 aromatic heterocycles. The molecule has 1 amide bonds. The van der Waals surface area contributed by atoms with Crippen molar-refractivity contribution in [2.24, 2.45) is 5.92 Å². The average Bonchev–Trinajstić information content (AvgIpc) is 3.35. The number of hydrogen-bond acceptors (Lipinski definition) is 4. The Kier molecular flexibility index (Phi) is 4.33. The van der Waals surface area contributed by atoms with Gasteiger partial charge in [-0.15, -0.1) is 0 Å². The van der Waals surface area contributed by atoms with Crippen molar-refractivity contribution in [1.82, 2.24) is 9.88 Å². The highest BCUT2D eigenvalue weighted by molar-refractivity contribution is 6.04. The molecule has 5 heteroatoms. The summed E-state index contributed by atoms with van der Waals surface area (Å²) in [5, 5.41) is 10.8. The van der Waals surface area contributed by atoms with E-state index < -0.39 is 5.60 Å².